The minimum absolute atomic E-state index is 0. The fourth-order valence-corrected chi connectivity index (χ4v) is 2.96. The summed E-state index contributed by atoms with van der Waals surface area (Å²) in [7, 11) is 0. The lowest BCUT2D eigenvalue weighted by atomic mass is 10.0. The molecular formula is C19H25Cl2N3O2. The Morgan fingerprint density at radius 2 is 1.96 bits per heavy atom. The summed E-state index contributed by atoms with van der Waals surface area (Å²) in [5.41, 5.74) is 8.83. The number of pyridine rings is 1. The van der Waals surface area contributed by atoms with Gasteiger partial charge in [0, 0.05) is 18.9 Å². The van der Waals surface area contributed by atoms with Gasteiger partial charge in [0.05, 0.1) is 12.1 Å². The molecule has 3 atom stereocenters. The maximum Gasteiger partial charge on any atom is 0.249 e. The Kier molecular flexibility index (Phi) is 9.02. The highest BCUT2D eigenvalue weighted by atomic mass is 35.5. The molecule has 1 unspecified atom stereocenters. The minimum Gasteiger partial charge on any atom is -0.364 e. The molecule has 5 nitrogen and oxygen atoms in total. The Labute approximate surface area is 166 Å². The molecule has 0 spiro atoms. The van der Waals surface area contributed by atoms with Crippen LogP contribution >= 0.6 is 24.8 Å². The topological polar surface area (TPSA) is 77.2 Å². The van der Waals surface area contributed by atoms with Gasteiger partial charge in [0.25, 0.3) is 0 Å². The smallest absolute Gasteiger partial charge is 0.249 e. The Bertz CT molecular complexity index is 683. The van der Waals surface area contributed by atoms with Gasteiger partial charge >= 0.3 is 0 Å². The first-order valence-corrected chi connectivity index (χ1v) is 8.33. The maximum absolute atomic E-state index is 12.3. The second kappa shape index (κ2) is 10.5. The molecule has 0 saturated carbocycles. The Hall–Kier alpha value is -1.66. The molecule has 26 heavy (non-hydrogen) atoms. The number of nitrogens with zero attached hydrogens (tertiary/aromatic N) is 1. The van der Waals surface area contributed by atoms with Crippen LogP contribution in [0.4, 0.5) is 0 Å². The zero-order valence-electron chi connectivity index (χ0n) is 14.6. The van der Waals surface area contributed by atoms with Crippen molar-refractivity contribution in [2.24, 2.45) is 5.73 Å². The van der Waals surface area contributed by atoms with E-state index in [1.165, 1.54) is 0 Å². The maximum atomic E-state index is 12.3. The molecule has 1 fully saturated rings. The van der Waals surface area contributed by atoms with Crippen LogP contribution in [-0.2, 0) is 9.53 Å². The van der Waals surface area contributed by atoms with E-state index in [0.717, 1.165) is 29.5 Å². The van der Waals surface area contributed by atoms with Crippen LogP contribution in [0.15, 0.2) is 48.8 Å². The third kappa shape index (κ3) is 5.42. The van der Waals surface area contributed by atoms with Crippen molar-refractivity contribution >= 4 is 30.7 Å². The molecule has 1 amide bonds. The van der Waals surface area contributed by atoms with Crippen LogP contribution in [-0.4, -0.2) is 29.6 Å². The van der Waals surface area contributed by atoms with Crippen LogP contribution in [0.2, 0.25) is 0 Å². The van der Waals surface area contributed by atoms with Gasteiger partial charge < -0.3 is 15.8 Å². The second-order valence-electron chi connectivity index (χ2n) is 6.15. The van der Waals surface area contributed by atoms with E-state index in [1.54, 1.807) is 6.20 Å². The number of carbonyl (C=O) groups is 1. The molecule has 3 N–H and O–H groups in total. The van der Waals surface area contributed by atoms with E-state index in [2.05, 4.69) is 10.3 Å². The summed E-state index contributed by atoms with van der Waals surface area (Å²) in [6, 6.07) is 12.0. The van der Waals surface area contributed by atoms with Crippen LogP contribution in [0.5, 0.6) is 0 Å². The van der Waals surface area contributed by atoms with Gasteiger partial charge in [0.15, 0.2) is 0 Å². The summed E-state index contributed by atoms with van der Waals surface area (Å²) in [4.78, 5) is 16.4. The summed E-state index contributed by atoms with van der Waals surface area (Å²) in [6.07, 6.45) is 4.82. The third-order valence-electron chi connectivity index (χ3n) is 4.43. The number of nitrogens with two attached hydrogens (primary N) is 1. The summed E-state index contributed by atoms with van der Waals surface area (Å²) in [5.74, 6) is -0.0604. The van der Waals surface area contributed by atoms with Crippen LogP contribution < -0.4 is 11.1 Å². The molecule has 1 aromatic carbocycles. The van der Waals surface area contributed by atoms with Gasteiger partial charge in [-0.15, -0.1) is 24.8 Å². The first kappa shape index (κ1) is 22.4. The van der Waals surface area contributed by atoms with Crippen molar-refractivity contribution in [1.29, 1.82) is 0 Å². The van der Waals surface area contributed by atoms with Crippen molar-refractivity contribution in [3.8, 4) is 11.1 Å². The van der Waals surface area contributed by atoms with Gasteiger partial charge in [0.1, 0.15) is 6.10 Å². The van der Waals surface area contributed by atoms with Crippen molar-refractivity contribution in [2.75, 3.05) is 6.54 Å². The predicted octanol–water partition coefficient (Wildman–Crippen LogP) is 3.28. The SMILES string of the molecule is CC(NC(=O)[C@@H]1CC[C@H](CN)O1)c1ccc(-c2cccnc2)cc1.Cl.Cl. The zero-order valence-corrected chi connectivity index (χ0v) is 16.3. The van der Waals surface area contributed by atoms with Crippen molar-refractivity contribution in [1.82, 2.24) is 10.3 Å². The fourth-order valence-electron chi connectivity index (χ4n) is 2.96. The number of hydrogen-bond donors (Lipinski definition) is 2. The average molecular weight is 398 g/mol. The average Bonchev–Trinajstić information content (AvgIpc) is 3.12. The standard InChI is InChI=1S/C19H23N3O2.2ClH/c1-13(22-19(23)18-9-8-17(11-20)24-18)14-4-6-15(7-5-14)16-3-2-10-21-12-16;;/h2-7,10,12-13,17-18H,8-9,11,20H2,1H3,(H,22,23);2*1H/t13?,17-,18+;;/m1../s1. The van der Waals surface area contributed by atoms with Crippen molar-refractivity contribution in [3.63, 3.8) is 0 Å². The van der Waals surface area contributed by atoms with E-state index >= 15 is 0 Å². The highest BCUT2D eigenvalue weighted by Gasteiger charge is 2.30. The van der Waals surface area contributed by atoms with Crippen molar-refractivity contribution in [2.45, 2.75) is 38.0 Å². The lowest BCUT2D eigenvalue weighted by molar-refractivity contribution is -0.132. The van der Waals surface area contributed by atoms with Gasteiger partial charge in [-0.3, -0.25) is 9.78 Å². The van der Waals surface area contributed by atoms with Crippen LogP contribution in [0.3, 0.4) is 0 Å². The van der Waals surface area contributed by atoms with Crippen LogP contribution in [0.1, 0.15) is 31.4 Å². The van der Waals surface area contributed by atoms with E-state index in [1.807, 2.05) is 49.5 Å². The van der Waals surface area contributed by atoms with Crippen LogP contribution in [0, 0.1) is 0 Å². The lowest BCUT2D eigenvalue weighted by Gasteiger charge is -2.18. The highest BCUT2D eigenvalue weighted by Crippen LogP contribution is 2.23. The van der Waals surface area contributed by atoms with E-state index in [-0.39, 0.29) is 49.0 Å². The summed E-state index contributed by atoms with van der Waals surface area (Å²) in [6.45, 7) is 2.45. The van der Waals surface area contributed by atoms with Crippen molar-refractivity contribution in [3.05, 3.63) is 54.4 Å². The quantitative estimate of drug-likeness (QED) is 0.811. The number of amides is 1. The number of ether oxygens (including phenoxy) is 1. The van der Waals surface area contributed by atoms with Gasteiger partial charge in [-0.05, 0) is 42.5 Å². The molecule has 1 saturated heterocycles. The van der Waals surface area contributed by atoms with Crippen molar-refractivity contribution < 1.29 is 9.53 Å². The van der Waals surface area contributed by atoms with E-state index in [0.29, 0.717) is 6.54 Å². The molecule has 142 valence electrons. The van der Waals surface area contributed by atoms with E-state index < -0.39 is 0 Å². The molecule has 3 rings (SSSR count). The zero-order chi connectivity index (χ0) is 16.9. The van der Waals surface area contributed by atoms with Crippen LogP contribution in [0.25, 0.3) is 11.1 Å². The molecule has 0 aliphatic carbocycles. The summed E-state index contributed by atoms with van der Waals surface area (Å²) in [5, 5.41) is 3.02. The fraction of sp³-hybridized carbons (Fsp3) is 0.368. The molecule has 2 heterocycles. The molecule has 2 aromatic rings. The molecular weight excluding hydrogens is 373 g/mol. The molecule has 1 aromatic heterocycles. The third-order valence-corrected chi connectivity index (χ3v) is 4.43. The number of nitrogens with one attached hydrogen (secondary N) is 1. The van der Waals surface area contributed by atoms with Gasteiger partial charge in [-0.1, -0.05) is 30.3 Å². The first-order chi connectivity index (χ1) is 11.7. The molecule has 0 radical (unpaired) electrons. The van der Waals surface area contributed by atoms with E-state index in [9.17, 15) is 4.79 Å². The Morgan fingerprint density at radius 3 is 2.54 bits per heavy atom. The normalized spacial score (nSPS) is 19.8. The van der Waals surface area contributed by atoms with Gasteiger partial charge in [0.2, 0.25) is 5.91 Å². The number of benzene rings is 1. The monoisotopic (exact) mass is 397 g/mol. The second-order valence-corrected chi connectivity index (χ2v) is 6.15. The summed E-state index contributed by atoms with van der Waals surface area (Å²) >= 11 is 0. The van der Waals surface area contributed by atoms with Gasteiger partial charge in [-0.2, -0.15) is 0 Å². The first-order valence-electron chi connectivity index (χ1n) is 8.33. The Balaban J connectivity index is 0.00000169. The molecule has 1 aliphatic rings. The molecule has 0 bridgehead atoms. The van der Waals surface area contributed by atoms with E-state index in [4.69, 9.17) is 10.5 Å². The number of carbonyl (C=O) groups excluding carboxylic acids is 1. The molecule has 7 heteroatoms. The largest absolute Gasteiger partial charge is 0.364 e. The lowest BCUT2D eigenvalue weighted by Crippen LogP contribution is -2.36. The number of hydrogen-bond acceptors (Lipinski definition) is 4. The summed E-state index contributed by atoms with van der Waals surface area (Å²) < 4.78 is 5.64. The minimum atomic E-state index is -0.379. The highest BCUT2D eigenvalue weighted by molar-refractivity contribution is 5.85. The number of halogens is 2. The number of aromatic nitrogens is 1. The number of rotatable bonds is 5. The Morgan fingerprint density at radius 1 is 1.23 bits per heavy atom. The predicted molar refractivity (Wildman–Crippen MR) is 108 cm³/mol. The molecule has 1 aliphatic heterocycles. The van der Waals surface area contributed by atoms with Gasteiger partial charge in [-0.25, -0.2) is 0 Å².